The van der Waals surface area contributed by atoms with Gasteiger partial charge in [-0.25, -0.2) is 4.98 Å². The van der Waals surface area contributed by atoms with E-state index in [2.05, 4.69) is 10.1 Å². The Hall–Kier alpha value is -2.47. The summed E-state index contributed by atoms with van der Waals surface area (Å²) in [5.41, 5.74) is 2.64. The van der Waals surface area contributed by atoms with Crippen LogP contribution in [0.2, 0.25) is 0 Å². The summed E-state index contributed by atoms with van der Waals surface area (Å²) in [7, 11) is 1.79. The van der Waals surface area contributed by atoms with Crippen molar-refractivity contribution in [3.63, 3.8) is 0 Å². The highest BCUT2D eigenvalue weighted by Crippen LogP contribution is 2.22. The molecule has 0 aliphatic rings. The number of aromatic nitrogens is 3. The number of benzene rings is 1. The van der Waals surface area contributed by atoms with Crippen molar-refractivity contribution in [2.45, 2.75) is 26.4 Å². The second-order valence-corrected chi connectivity index (χ2v) is 6.90. The van der Waals surface area contributed by atoms with Gasteiger partial charge in [-0.1, -0.05) is 30.3 Å². The lowest BCUT2D eigenvalue weighted by Gasteiger charge is -2.14. The third-order valence-corrected chi connectivity index (χ3v) is 4.55. The molecule has 1 aromatic carbocycles. The summed E-state index contributed by atoms with van der Waals surface area (Å²) in [5.74, 6) is -0.0432. The highest BCUT2D eigenvalue weighted by atomic mass is 32.1. The Kier molecular flexibility index (Phi) is 4.76. The summed E-state index contributed by atoms with van der Waals surface area (Å²) < 4.78 is 1.79. The summed E-state index contributed by atoms with van der Waals surface area (Å²) in [4.78, 5) is 18.8. The van der Waals surface area contributed by atoms with Gasteiger partial charge in [0.2, 0.25) is 0 Å². The van der Waals surface area contributed by atoms with E-state index in [1.165, 1.54) is 0 Å². The van der Waals surface area contributed by atoms with Gasteiger partial charge in [0.1, 0.15) is 5.01 Å². The van der Waals surface area contributed by atoms with Crippen LogP contribution in [0.4, 0.5) is 0 Å². The lowest BCUT2D eigenvalue weighted by molar-refractivity contribution is 0.0785. The largest absolute Gasteiger partial charge is 0.335 e. The van der Waals surface area contributed by atoms with Gasteiger partial charge in [0.25, 0.3) is 5.91 Å². The van der Waals surface area contributed by atoms with Crippen molar-refractivity contribution in [1.29, 1.82) is 0 Å². The molecular weight excluding hydrogens is 320 g/mol. The maximum Gasteiger partial charge on any atom is 0.257 e. The molecule has 3 aromatic rings. The van der Waals surface area contributed by atoms with E-state index < -0.39 is 0 Å². The zero-order valence-electron chi connectivity index (χ0n) is 14.0. The van der Waals surface area contributed by atoms with Crippen LogP contribution in [0.25, 0.3) is 11.3 Å². The molecule has 0 N–H and O–H groups in total. The molecule has 0 aliphatic heterocycles. The molecule has 1 amide bonds. The lowest BCUT2D eigenvalue weighted by Crippen LogP contribution is -2.25. The van der Waals surface area contributed by atoms with Crippen molar-refractivity contribution in [3.05, 3.63) is 58.7 Å². The van der Waals surface area contributed by atoms with Crippen LogP contribution < -0.4 is 0 Å². The fourth-order valence-corrected chi connectivity index (χ4v) is 3.21. The molecule has 0 saturated heterocycles. The molecule has 0 saturated carbocycles. The van der Waals surface area contributed by atoms with Gasteiger partial charge in [-0.3, -0.25) is 9.48 Å². The summed E-state index contributed by atoms with van der Waals surface area (Å²) >= 11 is 1.57. The minimum Gasteiger partial charge on any atom is -0.335 e. The van der Waals surface area contributed by atoms with Crippen LogP contribution in [-0.4, -0.2) is 32.6 Å². The number of rotatable bonds is 5. The van der Waals surface area contributed by atoms with Gasteiger partial charge in [0.15, 0.2) is 0 Å². The molecule has 2 heterocycles. The third kappa shape index (κ3) is 3.54. The van der Waals surface area contributed by atoms with E-state index in [9.17, 15) is 4.79 Å². The Balaban J connectivity index is 1.69. The van der Waals surface area contributed by atoms with Gasteiger partial charge in [0.05, 0.1) is 24.0 Å². The van der Waals surface area contributed by atoms with Crippen molar-refractivity contribution in [2.24, 2.45) is 0 Å². The smallest absolute Gasteiger partial charge is 0.257 e. The first-order valence-electron chi connectivity index (χ1n) is 7.84. The molecule has 0 radical (unpaired) electrons. The third-order valence-electron chi connectivity index (χ3n) is 3.72. The maximum absolute atomic E-state index is 12.5. The van der Waals surface area contributed by atoms with E-state index in [1.54, 1.807) is 40.4 Å². The van der Waals surface area contributed by atoms with Gasteiger partial charge in [0, 0.05) is 30.2 Å². The number of thiazole rings is 1. The molecule has 0 spiro atoms. The second kappa shape index (κ2) is 6.97. The highest BCUT2D eigenvalue weighted by Gasteiger charge is 2.16. The molecule has 124 valence electrons. The number of carbonyl (C=O) groups excluding carboxylic acids is 1. The van der Waals surface area contributed by atoms with E-state index in [0.29, 0.717) is 12.1 Å². The average Bonchev–Trinajstić information content (AvgIpc) is 3.24. The Morgan fingerprint density at radius 1 is 1.29 bits per heavy atom. The van der Waals surface area contributed by atoms with Crippen molar-refractivity contribution in [3.8, 4) is 11.3 Å². The second-order valence-electron chi connectivity index (χ2n) is 5.96. The molecule has 0 atom stereocenters. The maximum atomic E-state index is 12.5. The number of carbonyl (C=O) groups is 1. The Morgan fingerprint density at radius 2 is 2.04 bits per heavy atom. The summed E-state index contributed by atoms with van der Waals surface area (Å²) in [6.07, 6.45) is 3.41. The van der Waals surface area contributed by atoms with Crippen LogP contribution in [-0.2, 0) is 6.54 Å². The van der Waals surface area contributed by atoms with Gasteiger partial charge in [-0.15, -0.1) is 11.3 Å². The van der Waals surface area contributed by atoms with Crippen LogP contribution in [0.1, 0.15) is 35.3 Å². The summed E-state index contributed by atoms with van der Waals surface area (Å²) in [6, 6.07) is 10.3. The fraction of sp³-hybridized carbons (Fsp3) is 0.278. The molecular formula is C18H20N4OS. The van der Waals surface area contributed by atoms with Crippen molar-refractivity contribution in [1.82, 2.24) is 19.7 Å². The van der Waals surface area contributed by atoms with Crippen molar-refractivity contribution < 1.29 is 4.79 Å². The average molecular weight is 340 g/mol. The quantitative estimate of drug-likeness (QED) is 0.709. The molecule has 0 unspecified atom stereocenters. The SMILES string of the molecule is CC(C)n1cc(C(=O)N(C)Cc2nc(-c3ccccc3)cs2)cn1. The number of nitrogens with zero attached hydrogens (tertiary/aromatic N) is 4. The first kappa shape index (κ1) is 16.4. The fourth-order valence-electron chi connectivity index (χ4n) is 2.35. The standard InChI is InChI=1S/C18H20N4OS/c1-13(2)22-10-15(9-19-22)18(23)21(3)11-17-20-16(12-24-17)14-7-5-4-6-8-14/h4-10,12-13H,11H2,1-3H3. The van der Waals surface area contributed by atoms with Crippen molar-refractivity contribution >= 4 is 17.2 Å². The van der Waals surface area contributed by atoms with E-state index in [-0.39, 0.29) is 11.9 Å². The van der Waals surface area contributed by atoms with Crippen molar-refractivity contribution in [2.75, 3.05) is 7.05 Å². The van der Waals surface area contributed by atoms with Gasteiger partial charge >= 0.3 is 0 Å². The number of hydrogen-bond acceptors (Lipinski definition) is 4. The summed E-state index contributed by atoms with van der Waals surface area (Å²) in [5, 5.41) is 7.17. The van der Waals surface area contributed by atoms with Gasteiger partial charge in [-0.05, 0) is 13.8 Å². The first-order chi connectivity index (χ1) is 11.5. The molecule has 0 bridgehead atoms. The monoisotopic (exact) mass is 340 g/mol. The van der Waals surface area contributed by atoms with Gasteiger partial charge in [-0.2, -0.15) is 5.10 Å². The molecule has 0 aliphatic carbocycles. The molecule has 6 heteroatoms. The Bertz CT molecular complexity index is 822. The topological polar surface area (TPSA) is 51.0 Å². The number of hydrogen-bond donors (Lipinski definition) is 0. The molecule has 0 fully saturated rings. The predicted octanol–water partition coefficient (Wildman–Crippen LogP) is 3.86. The Morgan fingerprint density at radius 3 is 2.71 bits per heavy atom. The van der Waals surface area contributed by atoms with E-state index in [0.717, 1.165) is 16.3 Å². The summed E-state index contributed by atoms with van der Waals surface area (Å²) in [6.45, 7) is 4.56. The van der Waals surface area contributed by atoms with Crippen LogP contribution in [0.3, 0.4) is 0 Å². The zero-order valence-corrected chi connectivity index (χ0v) is 14.8. The van der Waals surface area contributed by atoms with E-state index in [4.69, 9.17) is 0 Å². The van der Waals surface area contributed by atoms with Gasteiger partial charge < -0.3 is 4.90 Å². The van der Waals surface area contributed by atoms with Crippen LogP contribution in [0.15, 0.2) is 48.1 Å². The predicted molar refractivity (Wildman–Crippen MR) is 96.0 cm³/mol. The highest BCUT2D eigenvalue weighted by molar-refractivity contribution is 7.09. The lowest BCUT2D eigenvalue weighted by atomic mass is 10.2. The molecule has 2 aromatic heterocycles. The normalized spacial score (nSPS) is 11.0. The number of amides is 1. The molecule has 3 rings (SSSR count). The minimum atomic E-state index is -0.0432. The Labute approximate surface area is 145 Å². The first-order valence-corrected chi connectivity index (χ1v) is 8.72. The van der Waals surface area contributed by atoms with E-state index in [1.807, 2.05) is 49.6 Å². The van der Waals surface area contributed by atoms with Crippen LogP contribution in [0, 0.1) is 0 Å². The van der Waals surface area contributed by atoms with E-state index >= 15 is 0 Å². The molecule has 5 nitrogen and oxygen atoms in total. The minimum absolute atomic E-state index is 0.0432. The van der Waals surface area contributed by atoms with Crippen LogP contribution in [0.5, 0.6) is 0 Å². The van der Waals surface area contributed by atoms with Crippen LogP contribution >= 0.6 is 11.3 Å². The zero-order chi connectivity index (χ0) is 17.1. The molecule has 24 heavy (non-hydrogen) atoms.